The fourth-order valence-electron chi connectivity index (χ4n) is 1.55. The molecular weight excluding hydrogens is 194 g/mol. The van der Waals surface area contributed by atoms with Gasteiger partial charge in [0, 0.05) is 6.54 Å². The second-order valence-electron chi connectivity index (χ2n) is 3.21. The summed E-state index contributed by atoms with van der Waals surface area (Å²) < 4.78 is 0. The van der Waals surface area contributed by atoms with Gasteiger partial charge in [-0.1, -0.05) is 36.4 Å². The fourth-order valence-corrected chi connectivity index (χ4v) is 1.55. The Morgan fingerprint density at radius 1 is 1.00 bits per heavy atom. The van der Waals surface area contributed by atoms with Gasteiger partial charge in [-0.05, 0) is 29.4 Å². The maximum Gasteiger partial charge on any atom is 0.0202 e. The Morgan fingerprint density at radius 3 is 2.43 bits per heavy atom. The van der Waals surface area contributed by atoms with Crippen LogP contribution in [0, 0.1) is 0 Å². The Balaban J connectivity index is 0.000000980. The summed E-state index contributed by atoms with van der Waals surface area (Å²) in [5, 5.41) is 5.77. The van der Waals surface area contributed by atoms with E-state index in [1.54, 1.807) is 0 Å². The summed E-state index contributed by atoms with van der Waals surface area (Å²) in [4.78, 5) is 0. The Labute approximate surface area is 90.5 Å². The first kappa shape index (κ1) is 11.0. The van der Waals surface area contributed by atoms with Gasteiger partial charge in [0.1, 0.15) is 0 Å². The van der Waals surface area contributed by atoms with E-state index in [-0.39, 0.29) is 12.4 Å². The number of rotatable bonds is 2. The first-order valence-electron chi connectivity index (χ1n) is 4.52. The summed E-state index contributed by atoms with van der Waals surface area (Å²) in [6.45, 7) is 0.935. The standard InChI is InChI=1S/C12H13N.ClH/c1-13-9-10-6-7-11-4-2-3-5-12(11)8-10;/h2-8,13H,9H2,1H3;1H. The molecule has 0 spiro atoms. The van der Waals surface area contributed by atoms with Gasteiger partial charge in [-0.25, -0.2) is 0 Å². The molecule has 14 heavy (non-hydrogen) atoms. The average Bonchev–Trinajstić information content (AvgIpc) is 2.18. The van der Waals surface area contributed by atoms with Gasteiger partial charge in [0.2, 0.25) is 0 Å². The van der Waals surface area contributed by atoms with E-state index < -0.39 is 0 Å². The lowest BCUT2D eigenvalue weighted by Gasteiger charge is -2.02. The molecule has 0 aliphatic carbocycles. The number of benzene rings is 2. The van der Waals surface area contributed by atoms with E-state index in [9.17, 15) is 0 Å². The van der Waals surface area contributed by atoms with E-state index >= 15 is 0 Å². The van der Waals surface area contributed by atoms with E-state index in [1.807, 2.05) is 7.05 Å². The Kier molecular flexibility index (Phi) is 3.93. The zero-order valence-corrected chi connectivity index (χ0v) is 8.97. The second kappa shape index (κ2) is 4.99. The van der Waals surface area contributed by atoms with Gasteiger partial charge in [-0.2, -0.15) is 0 Å². The number of halogens is 1. The van der Waals surface area contributed by atoms with Crippen LogP contribution in [-0.4, -0.2) is 7.05 Å². The van der Waals surface area contributed by atoms with Crippen molar-refractivity contribution in [2.24, 2.45) is 0 Å². The van der Waals surface area contributed by atoms with Crippen LogP contribution in [0.1, 0.15) is 5.56 Å². The lowest BCUT2D eigenvalue weighted by atomic mass is 10.1. The Morgan fingerprint density at radius 2 is 1.71 bits per heavy atom. The molecule has 0 aliphatic rings. The van der Waals surface area contributed by atoms with E-state index in [4.69, 9.17) is 0 Å². The van der Waals surface area contributed by atoms with Crippen LogP contribution >= 0.6 is 12.4 Å². The Hall–Kier alpha value is -1.05. The minimum Gasteiger partial charge on any atom is -0.316 e. The fraction of sp³-hybridized carbons (Fsp3) is 0.167. The van der Waals surface area contributed by atoms with Crippen LogP contribution in [0.5, 0.6) is 0 Å². The zero-order chi connectivity index (χ0) is 9.10. The molecule has 0 amide bonds. The maximum atomic E-state index is 3.15. The second-order valence-corrected chi connectivity index (χ2v) is 3.21. The highest BCUT2D eigenvalue weighted by molar-refractivity contribution is 5.85. The van der Waals surface area contributed by atoms with Crippen molar-refractivity contribution in [1.29, 1.82) is 0 Å². The average molecular weight is 208 g/mol. The molecule has 0 radical (unpaired) electrons. The molecule has 0 atom stereocenters. The van der Waals surface area contributed by atoms with Crippen molar-refractivity contribution in [3.05, 3.63) is 48.0 Å². The maximum absolute atomic E-state index is 3.15. The van der Waals surface area contributed by atoms with E-state index in [0.29, 0.717) is 0 Å². The predicted octanol–water partition coefficient (Wildman–Crippen LogP) is 2.98. The largest absolute Gasteiger partial charge is 0.316 e. The van der Waals surface area contributed by atoms with Crippen LogP contribution < -0.4 is 5.32 Å². The first-order chi connectivity index (χ1) is 6.40. The molecule has 74 valence electrons. The Bertz CT molecular complexity index is 412. The van der Waals surface area contributed by atoms with Gasteiger partial charge in [0.15, 0.2) is 0 Å². The molecule has 1 N–H and O–H groups in total. The van der Waals surface area contributed by atoms with Crippen LogP contribution in [0.2, 0.25) is 0 Å². The molecule has 0 saturated carbocycles. The van der Waals surface area contributed by atoms with Gasteiger partial charge in [0.05, 0.1) is 0 Å². The molecular formula is C12H14ClN. The van der Waals surface area contributed by atoms with Crippen molar-refractivity contribution in [3.8, 4) is 0 Å². The van der Waals surface area contributed by atoms with Crippen molar-refractivity contribution >= 4 is 23.2 Å². The molecule has 2 aromatic carbocycles. The predicted molar refractivity (Wildman–Crippen MR) is 64.0 cm³/mol. The number of hydrogen-bond acceptors (Lipinski definition) is 1. The van der Waals surface area contributed by atoms with Crippen LogP contribution in [-0.2, 0) is 6.54 Å². The number of nitrogens with one attached hydrogen (secondary N) is 1. The molecule has 0 aromatic heterocycles. The van der Waals surface area contributed by atoms with Gasteiger partial charge in [-0.3, -0.25) is 0 Å². The topological polar surface area (TPSA) is 12.0 Å². The zero-order valence-electron chi connectivity index (χ0n) is 8.16. The lowest BCUT2D eigenvalue weighted by Crippen LogP contribution is -2.04. The van der Waals surface area contributed by atoms with Crippen molar-refractivity contribution in [1.82, 2.24) is 5.32 Å². The normalized spacial score (nSPS) is 9.79. The minimum atomic E-state index is 0. The van der Waals surface area contributed by atoms with Crippen molar-refractivity contribution in [2.45, 2.75) is 6.54 Å². The molecule has 2 aromatic rings. The summed E-state index contributed by atoms with van der Waals surface area (Å²) in [6, 6.07) is 15.0. The lowest BCUT2D eigenvalue weighted by molar-refractivity contribution is 0.819. The van der Waals surface area contributed by atoms with Gasteiger partial charge >= 0.3 is 0 Å². The third-order valence-electron chi connectivity index (χ3n) is 2.19. The minimum absolute atomic E-state index is 0. The summed E-state index contributed by atoms with van der Waals surface area (Å²) >= 11 is 0. The van der Waals surface area contributed by atoms with E-state index in [1.165, 1.54) is 16.3 Å². The summed E-state index contributed by atoms with van der Waals surface area (Å²) in [5.74, 6) is 0. The first-order valence-corrected chi connectivity index (χ1v) is 4.52. The third kappa shape index (κ3) is 2.25. The van der Waals surface area contributed by atoms with Crippen LogP contribution in [0.4, 0.5) is 0 Å². The monoisotopic (exact) mass is 207 g/mol. The highest BCUT2D eigenvalue weighted by Gasteiger charge is 1.93. The van der Waals surface area contributed by atoms with Crippen LogP contribution in [0.25, 0.3) is 10.8 Å². The molecule has 0 unspecified atom stereocenters. The molecule has 0 bridgehead atoms. The molecule has 0 fully saturated rings. The molecule has 2 heteroatoms. The van der Waals surface area contributed by atoms with Crippen molar-refractivity contribution in [2.75, 3.05) is 7.05 Å². The number of fused-ring (bicyclic) bond motifs is 1. The smallest absolute Gasteiger partial charge is 0.0202 e. The van der Waals surface area contributed by atoms with E-state index in [2.05, 4.69) is 47.8 Å². The highest BCUT2D eigenvalue weighted by Crippen LogP contribution is 2.15. The molecule has 0 heterocycles. The summed E-state index contributed by atoms with van der Waals surface area (Å²) in [6.07, 6.45) is 0. The number of hydrogen-bond donors (Lipinski definition) is 1. The summed E-state index contributed by atoms with van der Waals surface area (Å²) in [5.41, 5.74) is 1.33. The highest BCUT2D eigenvalue weighted by atomic mass is 35.5. The quantitative estimate of drug-likeness (QED) is 0.799. The van der Waals surface area contributed by atoms with Crippen molar-refractivity contribution < 1.29 is 0 Å². The molecule has 0 aliphatic heterocycles. The van der Waals surface area contributed by atoms with Gasteiger partial charge in [0.25, 0.3) is 0 Å². The van der Waals surface area contributed by atoms with Crippen molar-refractivity contribution in [3.63, 3.8) is 0 Å². The third-order valence-corrected chi connectivity index (χ3v) is 2.19. The molecule has 1 nitrogen and oxygen atoms in total. The summed E-state index contributed by atoms with van der Waals surface area (Å²) in [7, 11) is 1.97. The van der Waals surface area contributed by atoms with Gasteiger partial charge in [-0.15, -0.1) is 12.4 Å². The van der Waals surface area contributed by atoms with Crippen LogP contribution in [0.3, 0.4) is 0 Å². The molecule has 0 saturated heterocycles. The molecule has 2 rings (SSSR count). The van der Waals surface area contributed by atoms with Gasteiger partial charge < -0.3 is 5.32 Å². The van der Waals surface area contributed by atoms with E-state index in [0.717, 1.165) is 6.54 Å². The van der Waals surface area contributed by atoms with Crippen LogP contribution in [0.15, 0.2) is 42.5 Å². The SMILES string of the molecule is CNCc1ccc2ccccc2c1.Cl.